The van der Waals surface area contributed by atoms with Crippen LogP contribution in [0.1, 0.15) is 23.7 Å². The molecule has 18 heavy (non-hydrogen) atoms. The van der Waals surface area contributed by atoms with Crippen molar-refractivity contribution in [1.29, 1.82) is 0 Å². The first-order valence-corrected chi connectivity index (χ1v) is 6.18. The van der Waals surface area contributed by atoms with Crippen molar-refractivity contribution in [2.24, 2.45) is 7.05 Å². The van der Waals surface area contributed by atoms with Gasteiger partial charge in [-0.25, -0.2) is 0 Å². The quantitative estimate of drug-likeness (QED) is 0.872. The van der Waals surface area contributed by atoms with Crippen molar-refractivity contribution in [3.8, 4) is 0 Å². The second kappa shape index (κ2) is 4.72. The van der Waals surface area contributed by atoms with Gasteiger partial charge < -0.3 is 11.1 Å². The average Bonchev–Trinajstić information content (AvgIpc) is 2.61. The molecule has 4 nitrogen and oxygen atoms in total. The van der Waals surface area contributed by atoms with E-state index in [0.29, 0.717) is 0 Å². The van der Waals surface area contributed by atoms with E-state index in [9.17, 15) is 0 Å². The molecule has 0 unspecified atom stereocenters. The molecule has 2 aromatic rings. The molecule has 3 N–H and O–H groups in total. The summed E-state index contributed by atoms with van der Waals surface area (Å²) >= 11 is 0. The molecular weight excluding hydrogens is 224 g/mol. The summed E-state index contributed by atoms with van der Waals surface area (Å²) in [5, 5.41) is 7.73. The van der Waals surface area contributed by atoms with Gasteiger partial charge in [-0.3, -0.25) is 4.68 Å². The maximum Gasteiger partial charge on any atom is 0.152 e. The standard InChI is InChI=1S/C14H20N4/c1-5-12-13(15)14(18(4)17-12)16-11-7-6-9(2)10(3)8-11/h6-8,16H,5,15H2,1-4H3. The van der Waals surface area contributed by atoms with Crippen LogP contribution in [0, 0.1) is 13.8 Å². The molecule has 1 aromatic heterocycles. The number of nitrogen functional groups attached to an aromatic ring is 1. The lowest BCUT2D eigenvalue weighted by Crippen LogP contribution is -2.01. The van der Waals surface area contributed by atoms with Gasteiger partial charge >= 0.3 is 0 Å². The van der Waals surface area contributed by atoms with E-state index in [1.807, 2.05) is 7.05 Å². The van der Waals surface area contributed by atoms with E-state index < -0.39 is 0 Å². The fraction of sp³-hybridized carbons (Fsp3) is 0.357. The lowest BCUT2D eigenvalue weighted by Gasteiger charge is -2.09. The third-order valence-electron chi connectivity index (χ3n) is 3.26. The van der Waals surface area contributed by atoms with E-state index in [1.165, 1.54) is 11.1 Å². The molecule has 4 heteroatoms. The summed E-state index contributed by atoms with van der Waals surface area (Å²) in [6.07, 6.45) is 0.842. The summed E-state index contributed by atoms with van der Waals surface area (Å²) < 4.78 is 1.79. The molecule has 2 rings (SSSR count). The third-order valence-corrected chi connectivity index (χ3v) is 3.26. The fourth-order valence-electron chi connectivity index (χ4n) is 1.96. The van der Waals surface area contributed by atoms with Gasteiger partial charge in [0.2, 0.25) is 0 Å². The van der Waals surface area contributed by atoms with Crippen LogP contribution in [0.4, 0.5) is 17.2 Å². The Balaban J connectivity index is 2.33. The highest BCUT2D eigenvalue weighted by Crippen LogP contribution is 2.26. The molecule has 0 fully saturated rings. The second-order valence-corrected chi connectivity index (χ2v) is 4.61. The molecule has 0 amide bonds. The molecule has 0 bridgehead atoms. The molecule has 0 aliphatic heterocycles. The Morgan fingerprint density at radius 3 is 2.56 bits per heavy atom. The summed E-state index contributed by atoms with van der Waals surface area (Å²) in [5.41, 5.74) is 11.3. The van der Waals surface area contributed by atoms with Gasteiger partial charge in [0, 0.05) is 12.7 Å². The topological polar surface area (TPSA) is 55.9 Å². The monoisotopic (exact) mass is 244 g/mol. The first-order valence-electron chi connectivity index (χ1n) is 6.18. The van der Waals surface area contributed by atoms with Gasteiger partial charge in [-0.2, -0.15) is 5.10 Å². The van der Waals surface area contributed by atoms with Crippen molar-refractivity contribution in [3.63, 3.8) is 0 Å². The Morgan fingerprint density at radius 2 is 2.00 bits per heavy atom. The summed E-state index contributed by atoms with van der Waals surface area (Å²) in [4.78, 5) is 0. The van der Waals surface area contributed by atoms with Crippen LogP contribution in [0.2, 0.25) is 0 Å². The average molecular weight is 244 g/mol. The molecule has 0 aliphatic rings. The maximum absolute atomic E-state index is 6.08. The number of aromatic nitrogens is 2. The summed E-state index contributed by atoms with van der Waals surface area (Å²) in [5.74, 6) is 0.857. The number of nitrogens with zero attached hydrogens (tertiary/aromatic N) is 2. The summed E-state index contributed by atoms with van der Waals surface area (Å²) in [7, 11) is 1.90. The van der Waals surface area contributed by atoms with E-state index in [4.69, 9.17) is 5.73 Å². The molecule has 0 spiro atoms. The van der Waals surface area contributed by atoms with E-state index in [-0.39, 0.29) is 0 Å². The van der Waals surface area contributed by atoms with Crippen LogP contribution in [0.3, 0.4) is 0 Å². The van der Waals surface area contributed by atoms with Gasteiger partial charge in [0.25, 0.3) is 0 Å². The molecular formula is C14H20N4. The predicted molar refractivity (Wildman–Crippen MR) is 76.2 cm³/mol. The van der Waals surface area contributed by atoms with Gasteiger partial charge in [-0.1, -0.05) is 13.0 Å². The molecule has 1 aromatic carbocycles. The van der Waals surface area contributed by atoms with E-state index >= 15 is 0 Å². The first-order chi connectivity index (χ1) is 8.52. The van der Waals surface area contributed by atoms with Crippen LogP contribution in [-0.2, 0) is 13.5 Å². The van der Waals surface area contributed by atoms with Gasteiger partial charge in [-0.15, -0.1) is 0 Å². The maximum atomic E-state index is 6.08. The lowest BCUT2D eigenvalue weighted by atomic mass is 10.1. The van der Waals surface area contributed by atoms with Crippen LogP contribution in [0.25, 0.3) is 0 Å². The van der Waals surface area contributed by atoms with Gasteiger partial charge in [0.15, 0.2) is 5.82 Å². The third kappa shape index (κ3) is 2.18. The van der Waals surface area contributed by atoms with E-state index in [1.54, 1.807) is 4.68 Å². The Bertz CT molecular complexity index is 569. The molecule has 0 atom stereocenters. The number of hydrogen-bond acceptors (Lipinski definition) is 3. The van der Waals surface area contributed by atoms with E-state index in [0.717, 1.165) is 29.3 Å². The minimum absolute atomic E-state index is 0.734. The number of hydrogen-bond donors (Lipinski definition) is 2. The number of benzene rings is 1. The van der Waals surface area contributed by atoms with Crippen LogP contribution in [0.5, 0.6) is 0 Å². The number of nitrogens with one attached hydrogen (secondary N) is 1. The molecule has 96 valence electrons. The first kappa shape index (κ1) is 12.5. The molecule has 0 saturated carbocycles. The molecule has 0 saturated heterocycles. The van der Waals surface area contributed by atoms with Crippen molar-refractivity contribution in [3.05, 3.63) is 35.0 Å². The van der Waals surface area contributed by atoms with Crippen LogP contribution < -0.4 is 11.1 Å². The number of nitrogens with two attached hydrogens (primary N) is 1. The molecule has 0 radical (unpaired) electrons. The molecule has 1 heterocycles. The number of anilines is 3. The van der Waals surface area contributed by atoms with Gasteiger partial charge in [-0.05, 0) is 43.5 Å². The molecule has 0 aliphatic carbocycles. The normalized spacial score (nSPS) is 10.7. The van der Waals surface area contributed by atoms with E-state index in [2.05, 4.69) is 49.4 Å². The smallest absolute Gasteiger partial charge is 0.152 e. The number of aryl methyl sites for hydroxylation is 4. The Morgan fingerprint density at radius 1 is 1.28 bits per heavy atom. The van der Waals surface area contributed by atoms with Crippen LogP contribution in [-0.4, -0.2) is 9.78 Å². The Labute approximate surface area is 108 Å². The summed E-state index contributed by atoms with van der Waals surface area (Å²) in [6, 6.07) is 6.28. The highest BCUT2D eigenvalue weighted by atomic mass is 15.3. The van der Waals surface area contributed by atoms with Crippen molar-refractivity contribution in [2.75, 3.05) is 11.1 Å². The fourth-order valence-corrected chi connectivity index (χ4v) is 1.96. The van der Waals surface area contributed by atoms with Crippen LogP contribution in [0.15, 0.2) is 18.2 Å². The highest BCUT2D eigenvalue weighted by molar-refractivity contribution is 5.71. The van der Waals surface area contributed by atoms with Crippen molar-refractivity contribution < 1.29 is 0 Å². The van der Waals surface area contributed by atoms with Crippen molar-refractivity contribution in [2.45, 2.75) is 27.2 Å². The minimum Gasteiger partial charge on any atom is -0.394 e. The highest BCUT2D eigenvalue weighted by Gasteiger charge is 2.11. The van der Waals surface area contributed by atoms with Gasteiger partial charge in [0.05, 0.1) is 11.4 Å². The number of rotatable bonds is 3. The van der Waals surface area contributed by atoms with Crippen LogP contribution >= 0.6 is 0 Å². The van der Waals surface area contributed by atoms with Crippen molar-refractivity contribution >= 4 is 17.2 Å². The summed E-state index contributed by atoms with van der Waals surface area (Å²) in [6.45, 7) is 6.26. The Kier molecular flexibility index (Phi) is 3.28. The largest absolute Gasteiger partial charge is 0.394 e. The minimum atomic E-state index is 0.734. The zero-order valence-corrected chi connectivity index (χ0v) is 11.4. The zero-order valence-electron chi connectivity index (χ0n) is 11.4. The van der Waals surface area contributed by atoms with Crippen molar-refractivity contribution in [1.82, 2.24) is 9.78 Å². The lowest BCUT2D eigenvalue weighted by molar-refractivity contribution is 0.753. The Hall–Kier alpha value is -1.97. The predicted octanol–water partition coefficient (Wildman–Crippen LogP) is 2.93. The van der Waals surface area contributed by atoms with Gasteiger partial charge in [0.1, 0.15) is 0 Å². The SMILES string of the molecule is CCc1nn(C)c(Nc2ccc(C)c(C)c2)c1N. The second-order valence-electron chi connectivity index (χ2n) is 4.61. The zero-order chi connectivity index (χ0) is 13.3.